The van der Waals surface area contributed by atoms with E-state index in [1.807, 2.05) is 0 Å². The Bertz CT molecular complexity index is 296. The van der Waals surface area contributed by atoms with Crippen molar-refractivity contribution in [3.8, 4) is 0 Å². The van der Waals surface area contributed by atoms with Gasteiger partial charge < -0.3 is 20.1 Å². The number of nitrogens with one attached hydrogen (secondary N) is 1. The number of carbonyl (C=O) groups excluding carboxylic acids is 2. The Morgan fingerprint density at radius 2 is 2.17 bits per heavy atom. The number of aliphatic hydroxyl groups is 1. The zero-order valence-corrected chi connectivity index (χ0v) is 11.0. The summed E-state index contributed by atoms with van der Waals surface area (Å²) < 4.78 is 4.83. The molecule has 2 unspecified atom stereocenters. The minimum atomic E-state index is -0.448. The third kappa shape index (κ3) is 4.52. The van der Waals surface area contributed by atoms with E-state index in [2.05, 4.69) is 5.32 Å². The second-order valence-corrected chi connectivity index (χ2v) is 4.60. The molecule has 1 saturated heterocycles. The van der Waals surface area contributed by atoms with Gasteiger partial charge in [0, 0.05) is 26.6 Å². The van der Waals surface area contributed by atoms with Gasteiger partial charge in [-0.25, -0.2) is 4.79 Å². The SMILES string of the molecule is CCOC(=O)NC1CC(CCO)CN(C(C)=O)C1. The van der Waals surface area contributed by atoms with Crippen LogP contribution in [0.1, 0.15) is 26.7 Å². The minimum Gasteiger partial charge on any atom is -0.450 e. The Morgan fingerprint density at radius 1 is 1.44 bits per heavy atom. The van der Waals surface area contributed by atoms with Gasteiger partial charge in [-0.05, 0) is 25.7 Å². The molecule has 0 aromatic rings. The summed E-state index contributed by atoms with van der Waals surface area (Å²) in [5, 5.41) is 11.7. The van der Waals surface area contributed by atoms with Crippen LogP contribution in [0.3, 0.4) is 0 Å². The zero-order valence-electron chi connectivity index (χ0n) is 11.0. The lowest BCUT2D eigenvalue weighted by Crippen LogP contribution is -2.52. The number of piperidine rings is 1. The van der Waals surface area contributed by atoms with E-state index >= 15 is 0 Å². The van der Waals surface area contributed by atoms with E-state index in [1.165, 1.54) is 6.92 Å². The predicted octanol–water partition coefficient (Wildman–Crippen LogP) is 0.352. The van der Waals surface area contributed by atoms with Crippen molar-refractivity contribution in [1.29, 1.82) is 0 Å². The van der Waals surface area contributed by atoms with E-state index in [-0.39, 0.29) is 24.5 Å². The smallest absolute Gasteiger partial charge is 0.407 e. The van der Waals surface area contributed by atoms with E-state index in [9.17, 15) is 9.59 Å². The molecule has 1 heterocycles. The van der Waals surface area contributed by atoms with Crippen molar-refractivity contribution in [1.82, 2.24) is 10.2 Å². The molecule has 1 fully saturated rings. The largest absolute Gasteiger partial charge is 0.450 e. The molecule has 0 aromatic carbocycles. The molecule has 1 rings (SSSR count). The van der Waals surface area contributed by atoms with Crippen molar-refractivity contribution in [2.45, 2.75) is 32.7 Å². The van der Waals surface area contributed by atoms with Gasteiger partial charge in [0.2, 0.25) is 5.91 Å². The topological polar surface area (TPSA) is 78.9 Å². The fourth-order valence-electron chi connectivity index (χ4n) is 2.30. The Hall–Kier alpha value is -1.30. The fraction of sp³-hybridized carbons (Fsp3) is 0.833. The quantitative estimate of drug-likeness (QED) is 0.762. The fourth-order valence-corrected chi connectivity index (χ4v) is 2.30. The first-order chi connectivity index (χ1) is 8.56. The summed E-state index contributed by atoms with van der Waals surface area (Å²) in [6, 6.07) is -0.0988. The lowest BCUT2D eigenvalue weighted by molar-refractivity contribution is -0.131. The predicted molar refractivity (Wildman–Crippen MR) is 66.0 cm³/mol. The second kappa shape index (κ2) is 7.20. The molecule has 18 heavy (non-hydrogen) atoms. The molecule has 1 aliphatic heterocycles. The van der Waals surface area contributed by atoms with Crippen LogP contribution in [0.4, 0.5) is 4.79 Å². The van der Waals surface area contributed by atoms with Crippen LogP contribution in [0.5, 0.6) is 0 Å². The van der Waals surface area contributed by atoms with Crippen molar-refractivity contribution >= 4 is 12.0 Å². The molecule has 2 N–H and O–H groups in total. The van der Waals surface area contributed by atoms with Crippen molar-refractivity contribution in [2.75, 3.05) is 26.3 Å². The highest BCUT2D eigenvalue weighted by Crippen LogP contribution is 2.20. The zero-order chi connectivity index (χ0) is 13.5. The first-order valence-electron chi connectivity index (χ1n) is 6.36. The number of hydrogen-bond acceptors (Lipinski definition) is 4. The summed E-state index contributed by atoms with van der Waals surface area (Å²) >= 11 is 0. The maximum Gasteiger partial charge on any atom is 0.407 e. The van der Waals surface area contributed by atoms with Crippen LogP contribution in [0, 0.1) is 5.92 Å². The first kappa shape index (κ1) is 14.8. The molecule has 0 spiro atoms. The molecule has 0 aromatic heterocycles. The average molecular weight is 258 g/mol. The number of likely N-dealkylation sites (tertiary alicyclic amines) is 1. The van der Waals surface area contributed by atoms with Crippen LogP contribution in [0.2, 0.25) is 0 Å². The van der Waals surface area contributed by atoms with Crippen molar-refractivity contribution in [3.05, 3.63) is 0 Å². The van der Waals surface area contributed by atoms with Gasteiger partial charge in [0.1, 0.15) is 0 Å². The summed E-state index contributed by atoms with van der Waals surface area (Å²) in [6.45, 7) is 4.85. The van der Waals surface area contributed by atoms with Crippen LogP contribution in [-0.2, 0) is 9.53 Å². The minimum absolute atomic E-state index is 0.00620. The van der Waals surface area contributed by atoms with E-state index in [0.717, 1.165) is 6.42 Å². The van der Waals surface area contributed by atoms with E-state index in [4.69, 9.17) is 9.84 Å². The van der Waals surface area contributed by atoms with Crippen molar-refractivity contribution in [2.24, 2.45) is 5.92 Å². The lowest BCUT2D eigenvalue weighted by Gasteiger charge is -2.37. The molecule has 6 nitrogen and oxygen atoms in total. The molecule has 104 valence electrons. The number of amides is 2. The number of hydrogen-bond donors (Lipinski definition) is 2. The summed E-state index contributed by atoms with van der Waals surface area (Å²) in [7, 11) is 0. The van der Waals surface area contributed by atoms with Gasteiger partial charge in [-0.3, -0.25) is 4.79 Å². The number of carbonyl (C=O) groups is 2. The van der Waals surface area contributed by atoms with Crippen molar-refractivity contribution < 1.29 is 19.4 Å². The maximum atomic E-state index is 11.4. The van der Waals surface area contributed by atoms with Crippen LogP contribution in [-0.4, -0.2) is 54.4 Å². The molecule has 6 heteroatoms. The molecule has 0 radical (unpaired) electrons. The van der Waals surface area contributed by atoms with Gasteiger partial charge >= 0.3 is 6.09 Å². The van der Waals surface area contributed by atoms with Gasteiger partial charge in [-0.2, -0.15) is 0 Å². The highest BCUT2D eigenvalue weighted by Gasteiger charge is 2.29. The molecular formula is C12H22N2O4. The molecule has 2 atom stereocenters. The Kier molecular flexibility index (Phi) is 5.91. The number of aliphatic hydroxyl groups excluding tert-OH is 1. The van der Waals surface area contributed by atoms with Gasteiger partial charge in [0.15, 0.2) is 0 Å². The highest BCUT2D eigenvalue weighted by molar-refractivity contribution is 5.73. The van der Waals surface area contributed by atoms with Gasteiger partial charge in [-0.1, -0.05) is 0 Å². The van der Waals surface area contributed by atoms with Crippen molar-refractivity contribution in [3.63, 3.8) is 0 Å². The van der Waals surface area contributed by atoms with E-state index < -0.39 is 6.09 Å². The van der Waals surface area contributed by atoms with Gasteiger partial charge in [0.25, 0.3) is 0 Å². The van der Waals surface area contributed by atoms with E-state index in [0.29, 0.717) is 26.1 Å². The van der Waals surface area contributed by atoms with E-state index in [1.54, 1.807) is 11.8 Å². The van der Waals surface area contributed by atoms with Crippen LogP contribution in [0.25, 0.3) is 0 Å². The molecule has 0 saturated carbocycles. The third-order valence-electron chi connectivity index (χ3n) is 3.12. The average Bonchev–Trinajstić information content (AvgIpc) is 2.29. The van der Waals surface area contributed by atoms with Gasteiger partial charge in [0.05, 0.1) is 12.6 Å². The molecule has 2 amide bonds. The third-order valence-corrected chi connectivity index (χ3v) is 3.12. The van der Waals surface area contributed by atoms with Crippen LogP contribution >= 0.6 is 0 Å². The Morgan fingerprint density at radius 3 is 2.72 bits per heavy atom. The summed E-state index contributed by atoms with van der Waals surface area (Å²) in [4.78, 5) is 24.5. The first-order valence-corrected chi connectivity index (χ1v) is 6.36. The summed E-state index contributed by atoms with van der Waals surface area (Å²) in [5.41, 5.74) is 0. The molecule has 0 aliphatic carbocycles. The normalized spacial score (nSPS) is 23.6. The lowest BCUT2D eigenvalue weighted by atomic mass is 9.92. The second-order valence-electron chi connectivity index (χ2n) is 4.60. The number of rotatable bonds is 4. The maximum absolute atomic E-state index is 11.4. The molecule has 1 aliphatic rings. The Balaban J connectivity index is 2.55. The monoisotopic (exact) mass is 258 g/mol. The number of alkyl carbamates (subject to hydrolysis) is 1. The Labute approximate surface area is 107 Å². The molecule has 0 bridgehead atoms. The standard InChI is InChI=1S/C12H22N2O4/c1-3-18-12(17)13-11-6-10(4-5-15)7-14(8-11)9(2)16/h10-11,15H,3-8H2,1-2H3,(H,13,17). The number of nitrogens with zero attached hydrogens (tertiary/aromatic N) is 1. The molecular weight excluding hydrogens is 236 g/mol. The van der Waals surface area contributed by atoms with Crippen LogP contribution in [0.15, 0.2) is 0 Å². The van der Waals surface area contributed by atoms with Gasteiger partial charge in [-0.15, -0.1) is 0 Å². The number of ether oxygens (including phenoxy) is 1. The summed E-state index contributed by atoms with van der Waals surface area (Å²) in [5.74, 6) is 0.216. The summed E-state index contributed by atoms with van der Waals surface area (Å²) in [6.07, 6.45) is 0.962. The highest BCUT2D eigenvalue weighted by atomic mass is 16.5. The van der Waals surface area contributed by atoms with Crippen LogP contribution < -0.4 is 5.32 Å².